The molecular weight excluding hydrogens is 392 g/mol. The van der Waals surface area contributed by atoms with Gasteiger partial charge in [0, 0.05) is 36.8 Å². The minimum atomic E-state index is 0.253. The molecule has 31 heavy (non-hydrogen) atoms. The number of imidazole rings is 1. The van der Waals surface area contributed by atoms with E-state index >= 15 is 0 Å². The van der Waals surface area contributed by atoms with Gasteiger partial charge in [-0.05, 0) is 42.0 Å². The van der Waals surface area contributed by atoms with Crippen molar-refractivity contribution >= 4 is 17.2 Å². The van der Waals surface area contributed by atoms with E-state index in [0.717, 1.165) is 51.2 Å². The van der Waals surface area contributed by atoms with Crippen LogP contribution < -0.4 is 14.8 Å². The number of benzene rings is 1. The summed E-state index contributed by atoms with van der Waals surface area (Å²) in [5.74, 6) is 2.22. The average molecular weight is 410 g/mol. The fraction of sp³-hybridized carbons (Fsp3) is 0.0870. The van der Waals surface area contributed by atoms with Crippen LogP contribution in [0.15, 0.2) is 73.3 Å². The van der Waals surface area contributed by atoms with Crippen molar-refractivity contribution in [3.05, 3.63) is 73.3 Å². The largest absolute Gasteiger partial charge is 0.454 e. The molecule has 0 bridgehead atoms. The van der Waals surface area contributed by atoms with Gasteiger partial charge in [0.2, 0.25) is 6.79 Å². The van der Waals surface area contributed by atoms with Crippen molar-refractivity contribution in [2.24, 2.45) is 7.05 Å². The van der Waals surface area contributed by atoms with Crippen LogP contribution in [0.5, 0.6) is 11.5 Å². The number of ether oxygens (including phenoxy) is 2. The zero-order valence-electron chi connectivity index (χ0n) is 16.7. The summed E-state index contributed by atoms with van der Waals surface area (Å²) in [5, 5.41) is 7.58. The lowest BCUT2D eigenvalue weighted by atomic mass is 10.1. The molecule has 0 unspecified atom stereocenters. The average Bonchev–Trinajstić information content (AvgIpc) is 3.52. The molecule has 1 N–H and O–H groups in total. The van der Waals surface area contributed by atoms with Crippen molar-refractivity contribution in [3.63, 3.8) is 0 Å². The molecule has 0 atom stereocenters. The van der Waals surface area contributed by atoms with E-state index in [1.165, 1.54) is 0 Å². The highest BCUT2D eigenvalue weighted by Crippen LogP contribution is 2.35. The number of pyridine rings is 2. The van der Waals surface area contributed by atoms with E-state index in [9.17, 15) is 0 Å². The molecule has 152 valence electrons. The molecule has 8 heteroatoms. The quantitative estimate of drug-likeness (QED) is 0.477. The third kappa shape index (κ3) is 3.14. The Kier molecular flexibility index (Phi) is 3.89. The van der Waals surface area contributed by atoms with Crippen LogP contribution in [-0.4, -0.2) is 30.9 Å². The van der Waals surface area contributed by atoms with Gasteiger partial charge in [-0.3, -0.25) is 9.08 Å². The van der Waals surface area contributed by atoms with Gasteiger partial charge in [-0.25, -0.2) is 9.97 Å². The minimum absolute atomic E-state index is 0.253. The van der Waals surface area contributed by atoms with Crippen LogP contribution in [0.2, 0.25) is 0 Å². The van der Waals surface area contributed by atoms with Crippen LogP contribution in [0.25, 0.3) is 28.2 Å². The predicted octanol–water partition coefficient (Wildman–Crippen LogP) is 4.27. The second kappa shape index (κ2) is 6.88. The molecule has 1 aromatic carbocycles. The summed E-state index contributed by atoms with van der Waals surface area (Å²) >= 11 is 0. The monoisotopic (exact) mass is 410 g/mol. The van der Waals surface area contributed by atoms with Crippen LogP contribution in [-0.2, 0) is 7.05 Å². The van der Waals surface area contributed by atoms with Crippen LogP contribution in [0.1, 0.15) is 0 Å². The maximum absolute atomic E-state index is 5.45. The highest BCUT2D eigenvalue weighted by atomic mass is 16.7. The first-order chi connectivity index (χ1) is 15.2. The Morgan fingerprint density at radius 1 is 0.968 bits per heavy atom. The predicted molar refractivity (Wildman–Crippen MR) is 116 cm³/mol. The Bertz CT molecular complexity index is 1420. The van der Waals surface area contributed by atoms with Gasteiger partial charge in [0.25, 0.3) is 0 Å². The smallest absolute Gasteiger partial charge is 0.231 e. The van der Waals surface area contributed by atoms with Crippen LogP contribution in [0, 0.1) is 0 Å². The lowest BCUT2D eigenvalue weighted by Gasteiger charge is -2.08. The van der Waals surface area contributed by atoms with E-state index in [1.807, 2.05) is 72.6 Å². The van der Waals surface area contributed by atoms with E-state index in [4.69, 9.17) is 14.5 Å². The molecule has 5 aromatic rings. The molecule has 5 heterocycles. The van der Waals surface area contributed by atoms with Gasteiger partial charge in [-0.15, -0.1) is 0 Å². The van der Waals surface area contributed by atoms with E-state index in [0.29, 0.717) is 0 Å². The lowest BCUT2D eigenvalue weighted by molar-refractivity contribution is 0.174. The number of aromatic nitrogens is 5. The van der Waals surface area contributed by atoms with Gasteiger partial charge in [0.05, 0.1) is 23.8 Å². The van der Waals surface area contributed by atoms with Crippen LogP contribution >= 0.6 is 0 Å². The molecule has 0 saturated carbocycles. The number of hydrogen-bond donors (Lipinski definition) is 1. The van der Waals surface area contributed by atoms with Gasteiger partial charge in [0.1, 0.15) is 11.5 Å². The SMILES string of the molecule is Cn1cc(-c2ccn3c(-c4cccc(Nc5ccc6c(c5)OCO6)n4)cnc3c2)cn1. The van der Waals surface area contributed by atoms with Crippen LogP contribution in [0.3, 0.4) is 0 Å². The highest BCUT2D eigenvalue weighted by molar-refractivity contribution is 5.70. The van der Waals surface area contributed by atoms with Crippen LogP contribution in [0.4, 0.5) is 11.5 Å². The first-order valence-electron chi connectivity index (χ1n) is 9.83. The third-order valence-electron chi connectivity index (χ3n) is 5.21. The molecule has 0 spiro atoms. The number of fused-ring (bicyclic) bond motifs is 2. The Balaban J connectivity index is 1.32. The fourth-order valence-electron chi connectivity index (χ4n) is 3.69. The third-order valence-corrected chi connectivity index (χ3v) is 5.21. The van der Waals surface area contributed by atoms with Crippen molar-refractivity contribution in [1.29, 1.82) is 0 Å². The van der Waals surface area contributed by atoms with E-state index in [2.05, 4.69) is 27.5 Å². The second-order valence-corrected chi connectivity index (χ2v) is 7.29. The lowest BCUT2D eigenvalue weighted by Crippen LogP contribution is -1.96. The summed E-state index contributed by atoms with van der Waals surface area (Å²) in [7, 11) is 1.91. The number of aryl methyl sites for hydroxylation is 1. The standard InChI is InChI=1S/C23H18N6O2/c1-28-13-16(11-25-28)15-7-8-29-19(12-24-23(29)9-15)18-3-2-4-22(27-18)26-17-5-6-20-21(10-17)31-14-30-20/h2-13H,14H2,1H3,(H,26,27). The molecule has 0 saturated heterocycles. The maximum atomic E-state index is 5.45. The highest BCUT2D eigenvalue weighted by Gasteiger charge is 2.14. The summed E-state index contributed by atoms with van der Waals surface area (Å²) in [5.41, 5.74) is 5.61. The Morgan fingerprint density at radius 2 is 1.90 bits per heavy atom. The number of rotatable bonds is 4. The first-order valence-corrected chi connectivity index (χ1v) is 9.83. The van der Waals surface area contributed by atoms with E-state index in [-0.39, 0.29) is 6.79 Å². The molecule has 0 amide bonds. The molecule has 0 fully saturated rings. The van der Waals surface area contributed by atoms with Crippen molar-refractivity contribution < 1.29 is 9.47 Å². The second-order valence-electron chi connectivity index (χ2n) is 7.29. The number of nitrogens with zero attached hydrogens (tertiary/aromatic N) is 5. The Labute approximate surface area is 177 Å². The summed E-state index contributed by atoms with van der Waals surface area (Å²) in [6, 6.07) is 15.7. The molecular formula is C23H18N6O2. The zero-order chi connectivity index (χ0) is 20.8. The van der Waals surface area contributed by atoms with E-state index in [1.54, 1.807) is 4.68 Å². The summed E-state index contributed by atoms with van der Waals surface area (Å²) in [4.78, 5) is 9.37. The van der Waals surface area contributed by atoms with Crippen molar-refractivity contribution in [3.8, 4) is 34.0 Å². The maximum Gasteiger partial charge on any atom is 0.231 e. The van der Waals surface area contributed by atoms with Gasteiger partial charge >= 0.3 is 0 Å². The number of nitrogens with one attached hydrogen (secondary N) is 1. The summed E-state index contributed by atoms with van der Waals surface area (Å²) < 4.78 is 14.6. The number of hydrogen-bond acceptors (Lipinski definition) is 6. The zero-order valence-corrected chi connectivity index (χ0v) is 16.7. The molecule has 8 nitrogen and oxygen atoms in total. The topological polar surface area (TPSA) is 78.5 Å². The van der Waals surface area contributed by atoms with Gasteiger partial charge in [-0.2, -0.15) is 5.10 Å². The first kappa shape index (κ1) is 17.5. The molecule has 1 aliphatic heterocycles. The molecule has 4 aromatic heterocycles. The number of anilines is 2. The Morgan fingerprint density at radius 3 is 2.81 bits per heavy atom. The Hall–Kier alpha value is -4.33. The normalized spacial score (nSPS) is 12.4. The van der Waals surface area contributed by atoms with E-state index < -0.39 is 0 Å². The minimum Gasteiger partial charge on any atom is -0.454 e. The van der Waals surface area contributed by atoms with Gasteiger partial charge < -0.3 is 14.8 Å². The van der Waals surface area contributed by atoms with Gasteiger partial charge in [0.15, 0.2) is 11.5 Å². The molecule has 1 aliphatic rings. The van der Waals surface area contributed by atoms with Crippen molar-refractivity contribution in [2.75, 3.05) is 12.1 Å². The van der Waals surface area contributed by atoms with Crippen molar-refractivity contribution in [1.82, 2.24) is 24.1 Å². The molecule has 6 rings (SSSR count). The summed E-state index contributed by atoms with van der Waals surface area (Å²) in [6.45, 7) is 0.253. The van der Waals surface area contributed by atoms with Gasteiger partial charge in [-0.1, -0.05) is 6.07 Å². The molecule has 0 radical (unpaired) electrons. The summed E-state index contributed by atoms with van der Waals surface area (Å²) in [6.07, 6.45) is 7.69. The van der Waals surface area contributed by atoms with Crippen molar-refractivity contribution in [2.45, 2.75) is 0 Å². The fourth-order valence-corrected chi connectivity index (χ4v) is 3.69. The molecule has 0 aliphatic carbocycles.